The minimum absolute atomic E-state index is 0.115. The Morgan fingerprint density at radius 2 is 1.92 bits per heavy atom. The average Bonchev–Trinajstić information content (AvgIpc) is 3.15. The zero-order valence-corrected chi connectivity index (χ0v) is 22.6. The number of likely N-dealkylation sites (tertiary alicyclic amines) is 1. The van der Waals surface area contributed by atoms with Crippen molar-refractivity contribution in [2.75, 3.05) is 20.1 Å². The van der Waals surface area contributed by atoms with Crippen LogP contribution in [0.3, 0.4) is 0 Å². The van der Waals surface area contributed by atoms with Crippen LogP contribution in [0, 0.1) is 11.2 Å². The molecule has 0 radical (unpaired) electrons. The molecule has 2 unspecified atom stereocenters. The Balaban J connectivity index is 1.60. The number of aliphatic hydroxyl groups is 1. The number of hydrogen-bond donors (Lipinski definition) is 3. The van der Waals surface area contributed by atoms with Gasteiger partial charge in [-0.2, -0.15) is 5.10 Å². The minimum Gasteiger partial charge on any atom is -0.392 e. The number of aryl methyl sites for hydroxylation is 1. The molecule has 2 heterocycles. The number of amides is 3. The van der Waals surface area contributed by atoms with Gasteiger partial charge in [0.05, 0.1) is 17.9 Å². The maximum atomic E-state index is 14.5. The molecule has 0 saturated carbocycles. The van der Waals surface area contributed by atoms with Crippen molar-refractivity contribution < 1.29 is 23.9 Å². The van der Waals surface area contributed by atoms with Gasteiger partial charge in [-0.3, -0.25) is 14.4 Å². The Bertz CT molecular complexity index is 1280. The summed E-state index contributed by atoms with van der Waals surface area (Å²) in [6.45, 7) is 3.30. The second-order valence-electron chi connectivity index (χ2n) is 11.0. The molecule has 0 aliphatic carbocycles. The Hall–Kier alpha value is -3.63. The molecule has 4 rings (SSSR count). The first kappa shape index (κ1) is 28.4. The zero-order valence-electron chi connectivity index (χ0n) is 22.6. The normalized spacial score (nSPS) is 19.9. The fourth-order valence-corrected chi connectivity index (χ4v) is 5.26. The van der Waals surface area contributed by atoms with Crippen molar-refractivity contribution in [3.63, 3.8) is 0 Å². The van der Waals surface area contributed by atoms with Crippen LogP contribution in [0.25, 0.3) is 0 Å². The lowest BCUT2D eigenvalue weighted by Gasteiger charge is -2.41. The number of halogens is 1. The molecule has 1 fully saturated rings. The predicted molar refractivity (Wildman–Crippen MR) is 145 cm³/mol. The molecule has 10 heteroatoms. The Morgan fingerprint density at radius 1 is 1.21 bits per heavy atom. The number of fused-ring (bicyclic) bond motifs is 1. The van der Waals surface area contributed by atoms with Crippen molar-refractivity contribution in [3.05, 3.63) is 71.0 Å². The van der Waals surface area contributed by atoms with E-state index in [2.05, 4.69) is 10.4 Å². The quantitative estimate of drug-likeness (QED) is 0.449. The lowest BCUT2D eigenvalue weighted by Crippen LogP contribution is -2.60. The summed E-state index contributed by atoms with van der Waals surface area (Å²) in [4.78, 5) is 41.8. The Kier molecular flexibility index (Phi) is 8.17. The maximum Gasteiger partial charge on any atom is 0.256 e. The van der Waals surface area contributed by atoms with E-state index in [4.69, 9.17) is 5.73 Å². The van der Waals surface area contributed by atoms with Gasteiger partial charge in [-0.1, -0.05) is 42.5 Å². The summed E-state index contributed by atoms with van der Waals surface area (Å²) in [6, 6.07) is 12.9. The SMILES string of the molecule is CN1N=C2CCN(C(=O)C(CCc3cc(CO)ccc3F)NC(=O)C(C)(C)N)CC2(Cc2ccccc2)C1=O. The van der Waals surface area contributed by atoms with Crippen molar-refractivity contribution in [2.45, 2.75) is 57.7 Å². The summed E-state index contributed by atoms with van der Waals surface area (Å²) in [5.41, 5.74) is 6.35. The van der Waals surface area contributed by atoms with Crippen LogP contribution in [-0.2, 0) is 33.8 Å². The van der Waals surface area contributed by atoms with Gasteiger partial charge in [-0.15, -0.1) is 0 Å². The third-order valence-electron chi connectivity index (χ3n) is 7.45. The summed E-state index contributed by atoms with van der Waals surface area (Å²) in [7, 11) is 1.62. The smallest absolute Gasteiger partial charge is 0.256 e. The van der Waals surface area contributed by atoms with Gasteiger partial charge in [-0.25, -0.2) is 9.40 Å². The van der Waals surface area contributed by atoms with Gasteiger partial charge in [0, 0.05) is 26.6 Å². The number of rotatable bonds is 9. The Morgan fingerprint density at radius 3 is 2.59 bits per heavy atom. The molecule has 3 amide bonds. The van der Waals surface area contributed by atoms with E-state index < -0.39 is 28.7 Å². The van der Waals surface area contributed by atoms with E-state index in [1.807, 2.05) is 30.3 Å². The highest BCUT2D eigenvalue weighted by molar-refractivity contribution is 6.13. The van der Waals surface area contributed by atoms with E-state index in [1.165, 1.54) is 17.1 Å². The molecule has 2 aromatic rings. The van der Waals surface area contributed by atoms with Gasteiger partial charge in [0.25, 0.3) is 5.91 Å². The topological polar surface area (TPSA) is 128 Å². The maximum absolute atomic E-state index is 14.5. The molecule has 0 spiro atoms. The van der Waals surface area contributed by atoms with Gasteiger partial charge >= 0.3 is 0 Å². The van der Waals surface area contributed by atoms with E-state index in [-0.39, 0.29) is 37.8 Å². The van der Waals surface area contributed by atoms with E-state index >= 15 is 0 Å². The number of carbonyl (C=O) groups excluding carboxylic acids is 3. The molecular formula is C29H36FN5O4. The summed E-state index contributed by atoms with van der Waals surface area (Å²) >= 11 is 0. The largest absolute Gasteiger partial charge is 0.392 e. The lowest BCUT2D eigenvalue weighted by atomic mass is 9.73. The van der Waals surface area contributed by atoms with E-state index in [0.717, 1.165) is 11.3 Å². The van der Waals surface area contributed by atoms with Crippen molar-refractivity contribution in [2.24, 2.45) is 16.3 Å². The Labute approximate surface area is 227 Å². The number of piperidine rings is 1. The van der Waals surface area contributed by atoms with Gasteiger partial charge < -0.3 is 21.1 Å². The minimum atomic E-state index is -1.24. The first-order valence-electron chi connectivity index (χ1n) is 13.1. The highest BCUT2D eigenvalue weighted by atomic mass is 19.1. The number of nitrogens with two attached hydrogens (primary N) is 1. The highest BCUT2D eigenvalue weighted by Crippen LogP contribution is 2.38. The van der Waals surface area contributed by atoms with Crippen LogP contribution in [0.4, 0.5) is 4.39 Å². The second-order valence-corrected chi connectivity index (χ2v) is 11.0. The number of carbonyl (C=O) groups is 3. The second kappa shape index (κ2) is 11.2. The monoisotopic (exact) mass is 537 g/mol. The molecular weight excluding hydrogens is 501 g/mol. The van der Waals surface area contributed by atoms with Crippen LogP contribution in [0.15, 0.2) is 53.6 Å². The van der Waals surface area contributed by atoms with E-state index in [1.54, 1.807) is 31.9 Å². The number of hydrogen-bond acceptors (Lipinski definition) is 6. The third-order valence-corrected chi connectivity index (χ3v) is 7.45. The van der Waals surface area contributed by atoms with Gasteiger partial charge in [-0.05, 0) is 55.9 Å². The average molecular weight is 538 g/mol. The molecule has 0 bridgehead atoms. The summed E-state index contributed by atoms with van der Waals surface area (Å²) in [5, 5.41) is 18.1. The fourth-order valence-electron chi connectivity index (χ4n) is 5.26. The first-order chi connectivity index (χ1) is 18.4. The van der Waals surface area contributed by atoms with Crippen molar-refractivity contribution in [3.8, 4) is 0 Å². The van der Waals surface area contributed by atoms with Crippen molar-refractivity contribution in [1.82, 2.24) is 15.2 Å². The van der Waals surface area contributed by atoms with E-state index in [9.17, 15) is 23.9 Å². The molecule has 0 aromatic heterocycles. The molecule has 4 N–H and O–H groups in total. The van der Waals surface area contributed by atoms with Crippen LogP contribution in [0.1, 0.15) is 43.4 Å². The molecule has 1 saturated heterocycles. The number of hydrazone groups is 1. The van der Waals surface area contributed by atoms with E-state index in [0.29, 0.717) is 30.5 Å². The summed E-state index contributed by atoms with van der Waals surface area (Å²) in [5.74, 6) is -1.50. The zero-order chi connectivity index (χ0) is 28.4. The van der Waals surface area contributed by atoms with Crippen molar-refractivity contribution >= 4 is 23.4 Å². The molecule has 2 aliphatic rings. The standard InChI is InChI=1S/C29H36FN5O4/c1-28(2,31)26(38)32-23(12-10-21-15-20(17-36)9-11-22(21)30)25(37)35-14-13-24-29(18-35,27(39)34(3)33-24)16-19-7-5-4-6-8-19/h4-9,11,15,23,36H,10,12-14,16-18,31H2,1-3H3,(H,32,38). The van der Waals surface area contributed by atoms with Crippen LogP contribution in [0.5, 0.6) is 0 Å². The van der Waals surface area contributed by atoms with Crippen molar-refractivity contribution in [1.29, 1.82) is 0 Å². The number of nitrogens with one attached hydrogen (secondary N) is 1. The molecule has 2 aromatic carbocycles. The summed E-state index contributed by atoms with van der Waals surface area (Å²) in [6.07, 6.45) is 1.08. The van der Waals surface area contributed by atoms with Crippen LogP contribution >= 0.6 is 0 Å². The molecule has 2 atom stereocenters. The predicted octanol–water partition coefficient (Wildman–Crippen LogP) is 1.76. The molecule has 9 nitrogen and oxygen atoms in total. The highest BCUT2D eigenvalue weighted by Gasteiger charge is 2.53. The fraction of sp³-hybridized carbons (Fsp3) is 0.448. The third kappa shape index (κ3) is 6.02. The summed E-state index contributed by atoms with van der Waals surface area (Å²) < 4.78 is 14.5. The van der Waals surface area contributed by atoms with Gasteiger partial charge in [0.15, 0.2) is 0 Å². The number of benzene rings is 2. The van der Waals surface area contributed by atoms with Crippen LogP contribution in [-0.4, -0.2) is 70.2 Å². The van der Waals surface area contributed by atoms with Gasteiger partial charge in [0.2, 0.25) is 11.8 Å². The number of nitrogens with zero attached hydrogens (tertiary/aromatic N) is 3. The molecule has 39 heavy (non-hydrogen) atoms. The van der Waals surface area contributed by atoms with Gasteiger partial charge in [0.1, 0.15) is 17.3 Å². The molecule has 2 aliphatic heterocycles. The van der Waals surface area contributed by atoms with Crippen LogP contribution < -0.4 is 11.1 Å². The van der Waals surface area contributed by atoms with Crippen LogP contribution in [0.2, 0.25) is 0 Å². The number of aliphatic hydroxyl groups excluding tert-OH is 1. The first-order valence-corrected chi connectivity index (χ1v) is 13.1. The molecule has 208 valence electrons. The lowest BCUT2D eigenvalue weighted by molar-refractivity contribution is -0.142.